The van der Waals surface area contributed by atoms with Crippen molar-refractivity contribution in [3.05, 3.63) is 54.4 Å². The van der Waals surface area contributed by atoms with Gasteiger partial charge in [-0.3, -0.25) is 9.88 Å². The molecule has 1 aromatic carbocycles. The average molecular weight is 388 g/mol. The number of sulfonamides is 1. The predicted molar refractivity (Wildman–Crippen MR) is 103 cm³/mol. The van der Waals surface area contributed by atoms with Gasteiger partial charge >= 0.3 is 0 Å². The molecular formula is C20H25N3O3S. The second-order valence-corrected chi connectivity index (χ2v) is 9.61. The average Bonchev–Trinajstić information content (AvgIpc) is 2.68. The Hall–Kier alpha value is -1.96. The molecular weight excluding hydrogens is 362 g/mol. The highest BCUT2D eigenvalue weighted by Crippen LogP contribution is 2.38. The summed E-state index contributed by atoms with van der Waals surface area (Å²) in [6, 6.07) is 12.9. The van der Waals surface area contributed by atoms with E-state index < -0.39 is 10.0 Å². The molecule has 0 bridgehead atoms. The molecule has 2 aliphatic heterocycles. The van der Waals surface area contributed by atoms with Gasteiger partial charge in [0.05, 0.1) is 12.3 Å². The van der Waals surface area contributed by atoms with Crippen LogP contribution in [-0.2, 0) is 16.6 Å². The van der Waals surface area contributed by atoms with E-state index in [-0.39, 0.29) is 10.3 Å². The van der Waals surface area contributed by atoms with E-state index in [1.54, 1.807) is 25.2 Å². The Kier molecular flexibility index (Phi) is 4.92. The maximum atomic E-state index is 12.9. The van der Waals surface area contributed by atoms with Gasteiger partial charge in [-0.1, -0.05) is 18.2 Å². The Balaban J connectivity index is 1.50. The van der Waals surface area contributed by atoms with Gasteiger partial charge in [-0.05, 0) is 50.2 Å². The van der Waals surface area contributed by atoms with Crippen molar-refractivity contribution in [3.63, 3.8) is 0 Å². The molecule has 4 rings (SSSR count). The summed E-state index contributed by atoms with van der Waals surface area (Å²) < 4.78 is 33.4. The van der Waals surface area contributed by atoms with E-state index in [4.69, 9.17) is 4.74 Å². The molecule has 0 amide bonds. The van der Waals surface area contributed by atoms with Crippen LogP contribution in [0.1, 0.15) is 18.5 Å². The number of aromatic nitrogens is 1. The van der Waals surface area contributed by atoms with Crippen molar-refractivity contribution in [2.75, 3.05) is 33.3 Å². The third kappa shape index (κ3) is 3.72. The van der Waals surface area contributed by atoms with Crippen LogP contribution in [0.15, 0.2) is 53.6 Å². The second-order valence-electron chi connectivity index (χ2n) is 7.59. The first-order chi connectivity index (χ1) is 13.0. The van der Waals surface area contributed by atoms with E-state index in [2.05, 4.69) is 9.88 Å². The SMILES string of the molecule is CN1CC2(CCN(Cc3ccccn3)CC2)COc2ccccc2S1(=O)=O. The summed E-state index contributed by atoms with van der Waals surface area (Å²) in [6.07, 6.45) is 3.63. The number of rotatable bonds is 2. The van der Waals surface area contributed by atoms with Crippen molar-refractivity contribution in [1.82, 2.24) is 14.2 Å². The summed E-state index contributed by atoms with van der Waals surface area (Å²) in [4.78, 5) is 7.05. The Morgan fingerprint density at radius 2 is 1.85 bits per heavy atom. The number of benzene rings is 1. The molecule has 2 aromatic rings. The number of likely N-dealkylation sites (tertiary alicyclic amines) is 1. The molecule has 1 spiro atoms. The predicted octanol–water partition coefficient (Wildman–Crippen LogP) is 2.38. The smallest absolute Gasteiger partial charge is 0.246 e. The van der Waals surface area contributed by atoms with Crippen molar-refractivity contribution in [1.29, 1.82) is 0 Å². The summed E-state index contributed by atoms with van der Waals surface area (Å²) in [7, 11) is -1.85. The van der Waals surface area contributed by atoms with Gasteiger partial charge in [-0.25, -0.2) is 12.7 Å². The summed E-state index contributed by atoms with van der Waals surface area (Å²) in [5.41, 5.74) is 0.909. The zero-order chi connectivity index (χ0) is 18.9. The summed E-state index contributed by atoms with van der Waals surface area (Å²) in [6.45, 7) is 3.68. The minimum atomic E-state index is -3.53. The van der Waals surface area contributed by atoms with Crippen molar-refractivity contribution in [3.8, 4) is 5.75 Å². The molecule has 144 valence electrons. The third-order valence-corrected chi connectivity index (χ3v) is 7.50. The number of hydrogen-bond donors (Lipinski definition) is 0. The fraction of sp³-hybridized carbons (Fsp3) is 0.450. The second kappa shape index (κ2) is 7.22. The maximum Gasteiger partial charge on any atom is 0.246 e. The van der Waals surface area contributed by atoms with Crippen LogP contribution in [-0.4, -0.2) is 55.9 Å². The van der Waals surface area contributed by atoms with Gasteiger partial charge in [0.15, 0.2) is 0 Å². The summed E-state index contributed by atoms with van der Waals surface area (Å²) >= 11 is 0. The van der Waals surface area contributed by atoms with Gasteiger partial charge in [0.1, 0.15) is 10.6 Å². The van der Waals surface area contributed by atoms with Crippen LogP contribution in [0.2, 0.25) is 0 Å². The van der Waals surface area contributed by atoms with Crippen LogP contribution < -0.4 is 4.74 Å². The molecule has 0 aliphatic carbocycles. The van der Waals surface area contributed by atoms with E-state index >= 15 is 0 Å². The normalized spacial score (nSPS) is 22.4. The zero-order valence-electron chi connectivity index (χ0n) is 15.5. The van der Waals surface area contributed by atoms with E-state index in [0.717, 1.165) is 38.2 Å². The quantitative estimate of drug-likeness (QED) is 0.792. The lowest BCUT2D eigenvalue weighted by atomic mass is 9.79. The molecule has 6 nitrogen and oxygen atoms in total. The number of ether oxygens (including phenoxy) is 1. The number of fused-ring (bicyclic) bond motifs is 1. The number of hydrogen-bond acceptors (Lipinski definition) is 5. The molecule has 1 saturated heterocycles. The molecule has 7 heteroatoms. The van der Waals surface area contributed by atoms with Crippen LogP contribution in [0, 0.1) is 5.41 Å². The highest BCUT2D eigenvalue weighted by atomic mass is 32.2. The van der Waals surface area contributed by atoms with Gasteiger partial charge in [0.2, 0.25) is 10.0 Å². The van der Waals surface area contributed by atoms with Crippen LogP contribution in [0.3, 0.4) is 0 Å². The lowest BCUT2D eigenvalue weighted by Gasteiger charge is -2.44. The molecule has 0 radical (unpaired) electrons. The fourth-order valence-electron chi connectivity index (χ4n) is 3.99. The topological polar surface area (TPSA) is 62.7 Å². The van der Waals surface area contributed by atoms with Crippen molar-refractivity contribution in [2.24, 2.45) is 5.41 Å². The Labute approximate surface area is 160 Å². The molecule has 0 atom stereocenters. The van der Waals surface area contributed by atoms with Crippen LogP contribution in [0.5, 0.6) is 5.75 Å². The number of nitrogens with zero attached hydrogens (tertiary/aromatic N) is 3. The van der Waals surface area contributed by atoms with Gasteiger partial charge in [-0.15, -0.1) is 0 Å². The zero-order valence-corrected chi connectivity index (χ0v) is 16.4. The minimum absolute atomic E-state index is 0.157. The van der Waals surface area contributed by atoms with E-state index in [1.165, 1.54) is 4.31 Å². The first-order valence-electron chi connectivity index (χ1n) is 9.29. The highest BCUT2D eigenvalue weighted by Gasteiger charge is 2.41. The van der Waals surface area contributed by atoms with Gasteiger partial charge in [-0.2, -0.15) is 0 Å². The molecule has 1 fully saturated rings. The van der Waals surface area contributed by atoms with E-state index in [1.807, 2.05) is 30.5 Å². The molecule has 0 unspecified atom stereocenters. The van der Waals surface area contributed by atoms with E-state index in [0.29, 0.717) is 18.9 Å². The number of para-hydroxylation sites is 1. The summed E-state index contributed by atoms with van der Waals surface area (Å²) in [5.74, 6) is 0.458. The van der Waals surface area contributed by atoms with E-state index in [9.17, 15) is 8.42 Å². The van der Waals surface area contributed by atoms with Crippen molar-refractivity contribution >= 4 is 10.0 Å². The largest absolute Gasteiger partial charge is 0.492 e. The molecule has 2 aliphatic rings. The standard InChI is InChI=1S/C20H25N3O3S/c1-22-15-20(16-26-18-7-2-3-8-19(18)27(22,24)25)9-12-23(13-10-20)14-17-6-4-5-11-21-17/h2-8,11H,9-10,12-16H2,1H3. The molecule has 1 aromatic heterocycles. The lowest BCUT2D eigenvalue weighted by Crippen LogP contribution is -2.50. The Morgan fingerprint density at radius 1 is 1.11 bits per heavy atom. The fourth-order valence-corrected chi connectivity index (χ4v) is 5.40. The first kappa shape index (κ1) is 18.4. The highest BCUT2D eigenvalue weighted by molar-refractivity contribution is 7.89. The van der Waals surface area contributed by atoms with Gasteiger partial charge in [0.25, 0.3) is 0 Å². The minimum Gasteiger partial charge on any atom is -0.492 e. The molecule has 0 N–H and O–H groups in total. The van der Waals surface area contributed by atoms with Crippen molar-refractivity contribution in [2.45, 2.75) is 24.3 Å². The van der Waals surface area contributed by atoms with Gasteiger partial charge < -0.3 is 4.74 Å². The maximum absolute atomic E-state index is 12.9. The van der Waals surface area contributed by atoms with Crippen molar-refractivity contribution < 1.29 is 13.2 Å². The third-order valence-electron chi connectivity index (χ3n) is 5.66. The monoisotopic (exact) mass is 387 g/mol. The van der Waals surface area contributed by atoms with Crippen LogP contribution in [0.25, 0.3) is 0 Å². The van der Waals surface area contributed by atoms with Crippen LogP contribution in [0.4, 0.5) is 0 Å². The lowest BCUT2D eigenvalue weighted by molar-refractivity contribution is 0.0357. The number of piperidine rings is 1. The molecule has 27 heavy (non-hydrogen) atoms. The Bertz CT molecular complexity index is 894. The van der Waals surface area contributed by atoms with Gasteiger partial charge in [0, 0.05) is 31.7 Å². The number of pyridine rings is 1. The molecule has 0 saturated carbocycles. The molecule has 3 heterocycles. The summed E-state index contributed by atoms with van der Waals surface area (Å²) in [5, 5.41) is 0. The van der Waals surface area contributed by atoms with Crippen LogP contribution >= 0.6 is 0 Å². The first-order valence-corrected chi connectivity index (χ1v) is 10.7. The Morgan fingerprint density at radius 3 is 2.59 bits per heavy atom.